The summed E-state index contributed by atoms with van der Waals surface area (Å²) >= 11 is 0. The van der Waals surface area contributed by atoms with Gasteiger partial charge in [0, 0.05) is 0 Å². The van der Waals surface area contributed by atoms with Gasteiger partial charge in [0.25, 0.3) is 0 Å². The van der Waals surface area contributed by atoms with Crippen molar-refractivity contribution in [2.45, 2.75) is 0 Å². The maximum Gasteiger partial charge on any atom is 0.118 e. The van der Waals surface area contributed by atoms with Crippen LogP contribution in [0.4, 0.5) is 0 Å². The van der Waals surface area contributed by atoms with Gasteiger partial charge in [-0.05, 0) is 185 Å². The summed E-state index contributed by atoms with van der Waals surface area (Å²) in [7, 11) is 10.2. The van der Waals surface area contributed by atoms with E-state index >= 15 is 0 Å². The van der Waals surface area contributed by atoms with Crippen molar-refractivity contribution in [3.05, 3.63) is 170 Å². The summed E-state index contributed by atoms with van der Waals surface area (Å²) < 4.78 is 33.8. The van der Waals surface area contributed by atoms with Crippen LogP contribution in [0.5, 0.6) is 34.5 Å². The first-order valence-corrected chi connectivity index (χ1v) is 20.4. The van der Waals surface area contributed by atoms with Crippen LogP contribution in [0.3, 0.4) is 0 Å². The summed E-state index contributed by atoms with van der Waals surface area (Å²) in [4.78, 5) is 0. The first-order chi connectivity index (χ1) is 30.4. The number of ether oxygens (including phenoxy) is 6. The Morgan fingerprint density at radius 1 is 0.210 bits per heavy atom. The number of benzene rings is 9. The smallest absolute Gasteiger partial charge is 0.118 e. The lowest BCUT2D eigenvalue weighted by molar-refractivity contribution is 0.414. The van der Waals surface area contributed by atoms with Gasteiger partial charge in [0.2, 0.25) is 0 Å². The Balaban J connectivity index is 1.49. The van der Waals surface area contributed by atoms with E-state index in [9.17, 15) is 0 Å². The second-order valence-corrected chi connectivity index (χ2v) is 15.0. The minimum Gasteiger partial charge on any atom is -0.497 e. The van der Waals surface area contributed by atoms with Crippen LogP contribution in [-0.4, -0.2) is 42.7 Å². The van der Waals surface area contributed by atoms with E-state index in [1.165, 1.54) is 0 Å². The van der Waals surface area contributed by atoms with E-state index in [0.29, 0.717) is 0 Å². The lowest BCUT2D eigenvalue weighted by atomic mass is 9.80. The van der Waals surface area contributed by atoms with Crippen molar-refractivity contribution in [2.24, 2.45) is 0 Å². The average Bonchev–Trinajstić information content (AvgIpc) is 3.35. The third kappa shape index (κ3) is 7.41. The van der Waals surface area contributed by atoms with Crippen LogP contribution >= 0.6 is 0 Å². The number of methoxy groups -OCH3 is 6. The second-order valence-electron chi connectivity index (χ2n) is 15.0. The molecule has 0 aliphatic heterocycles. The molecule has 0 heterocycles. The monoisotopic (exact) mass is 814 g/mol. The van der Waals surface area contributed by atoms with Crippen molar-refractivity contribution in [1.29, 1.82) is 0 Å². The van der Waals surface area contributed by atoms with Crippen molar-refractivity contribution in [3.8, 4) is 101 Å². The topological polar surface area (TPSA) is 55.4 Å². The Hall–Kier alpha value is -7.70. The van der Waals surface area contributed by atoms with E-state index in [2.05, 4.69) is 97.1 Å². The normalized spacial score (nSPS) is 11.1. The Labute approximate surface area is 362 Å². The highest BCUT2D eigenvalue weighted by Crippen LogP contribution is 2.50. The molecule has 0 unspecified atom stereocenters. The Morgan fingerprint density at radius 3 is 0.532 bits per heavy atom. The molecular weight excluding hydrogens is 769 g/mol. The fourth-order valence-corrected chi connectivity index (χ4v) is 8.49. The summed E-state index contributed by atoms with van der Waals surface area (Å²) in [5.74, 6) is 4.77. The minimum atomic E-state index is 0.790. The summed E-state index contributed by atoms with van der Waals surface area (Å²) in [5.41, 5.74) is 13.0. The minimum absolute atomic E-state index is 0.790. The Kier molecular flexibility index (Phi) is 11.0. The summed E-state index contributed by atoms with van der Waals surface area (Å²) in [6, 6.07) is 59.5. The molecule has 0 spiro atoms. The van der Waals surface area contributed by atoms with Gasteiger partial charge in [-0.25, -0.2) is 0 Å². The molecule has 0 fully saturated rings. The van der Waals surface area contributed by atoms with Crippen molar-refractivity contribution >= 4 is 21.5 Å². The van der Waals surface area contributed by atoms with Crippen molar-refractivity contribution in [3.63, 3.8) is 0 Å². The van der Waals surface area contributed by atoms with Crippen LogP contribution in [0.1, 0.15) is 0 Å². The van der Waals surface area contributed by atoms with Gasteiger partial charge in [-0.1, -0.05) is 72.8 Å². The lowest BCUT2D eigenvalue weighted by Gasteiger charge is -2.23. The van der Waals surface area contributed by atoms with Gasteiger partial charge < -0.3 is 28.4 Å². The molecule has 62 heavy (non-hydrogen) atoms. The molecule has 0 saturated heterocycles. The van der Waals surface area contributed by atoms with E-state index in [1.54, 1.807) is 42.7 Å². The van der Waals surface area contributed by atoms with E-state index < -0.39 is 0 Å². The molecule has 0 saturated carbocycles. The first-order valence-electron chi connectivity index (χ1n) is 20.4. The van der Waals surface area contributed by atoms with Gasteiger partial charge in [0.15, 0.2) is 0 Å². The fourth-order valence-electron chi connectivity index (χ4n) is 8.49. The summed E-state index contributed by atoms with van der Waals surface area (Å²) in [6.07, 6.45) is 0. The Morgan fingerprint density at radius 2 is 0.371 bits per heavy atom. The van der Waals surface area contributed by atoms with Crippen molar-refractivity contribution in [1.82, 2.24) is 0 Å². The van der Waals surface area contributed by atoms with Gasteiger partial charge in [-0.2, -0.15) is 0 Å². The fraction of sp³-hybridized carbons (Fsp3) is 0.107. The molecule has 0 atom stereocenters. The predicted octanol–water partition coefficient (Wildman–Crippen LogP) is 14.0. The SMILES string of the molecule is COc1ccc(-c2cc3c(-c4ccc(OC)cc4)c4cc(-c5ccc(OC)cc5)c(-c5ccc(OC)cc5)cc4c(-c4ccc(OC)cc4)c3cc2-c2ccc(OC)cc2)cc1. The van der Waals surface area contributed by atoms with E-state index in [0.717, 1.165) is 123 Å². The Bertz CT molecular complexity index is 2640. The molecular formula is C56H46O6. The first kappa shape index (κ1) is 39.7. The molecule has 0 radical (unpaired) electrons. The zero-order valence-corrected chi connectivity index (χ0v) is 35.6. The zero-order valence-electron chi connectivity index (χ0n) is 35.6. The van der Waals surface area contributed by atoms with Crippen LogP contribution in [0.25, 0.3) is 88.3 Å². The standard InChI is InChI=1S/C56H46O6/c1-57-41-19-7-35(8-20-41)47-31-51-52(32-48(47)36-9-21-42(58-2)22-10-36)56(40-17-29-46(62-6)30-18-40)54-34-50(38-13-25-44(60-4)26-14-38)49(37-11-23-43(59-3)24-12-37)33-53(54)55(51)39-15-27-45(61-5)28-16-39/h7-34H,1-6H3. The molecule has 0 bridgehead atoms. The van der Waals surface area contributed by atoms with Gasteiger partial charge >= 0.3 is 0 Å². The molecule has 0 aromatic heterocycles. The molecule has 0 aliphatic carbocycles. The maximum atomic E-state index is 5.68. The van der Waals surface area contributed by atoms with Crippen molar-refractivity contribution < 1.29 is 28.4 Å². The molecule has 6 heteroatoms. The van der Waals surface area contributed by atoms with Crippen LogP contribution < -0.4 is 28.4 Å². The highest BCUT2D eigenvalue weighted by Gasteiger charge is 2.23. The number of fused-ring (bicyclic) bond motifs is 2. The molecule has 9 rings (SSSR count). The third-order valence-electron chi connectivity index (χ3n) is 11.8. The molecule has 306 valence electrons. The predicted molar refractivity (Wildman–Crippen MR) is 253 cm³/mol. The maximum absolute atomic E-state index is 5.68. The molecule has 0 N–H and O–H groups in total. The molecule has 0 amide bonds. The van der Waals surface area contributed by atoms with Crippen molar-refractivity contribution in [2.75, 3.05) is 42.7 Å². The summed E-state index contributed by atoms with van der Waals surface area (Å²) in [6.45, 7) is 0. The van der Waals surface area contributed by atoms with Crippen LogP contribution in [0, 0.1) is 0 Å². The average molecular weight is 815 g/mol. The van der Waals surface area contributed by atoms with E-state index in [1.807, 2.05) is 72.8 Å². The number of rotatable bonds is 12. The highest BCUT2D eigenvalue weighted by molar-refractivity contribution is 6.24. The molecule has 6 nitrogen and oxygen atoms in total. The third-order valence-corrected chi connectivity index (χ3v) is 11.8. The number of hydrogen-bond acceptors (Lipinski definition) is 6. The van der Waals surface area contributed by atoms with Crippen LogP contribution in [0.15, 0.2) is 170 Å². The second kappa shape index (κ2) is 17.1. The van der Waals surface area contributed by atoms with Gasteiger partial charge in [-0.3, -0.25) is 0 Å². The largest absolute Gasteiger partial charge is 0.497 e. The molecule has 0 aliphatic rings. The highest BCUT2D eigenvalue weighted by atomic mass is 16.5. The number of hydrogen-bond donors (Lipinski definition) is 0. The zero-order chi connectivity index (χ0) is 42.7. The lowest BCUT2D eigenvalue weighted by Crippen LogP contribution is -1.96. The molecule has 9 aromatic rings. The van der Waals surface area contributed by atoms with Crippen LogP contribution in [0.2, 0.25) is 0 Å². The van der Waals surface area contributed by atoms with Crippen LogP contribution in [-0.2, 0) is 0 Å². The summed E-state index contributed by atoms with van der Waals surface area (Å²) in [5, 5.41) is 4.42. The van der Waals surface area contributed by atoms with E-state index in [-0.39, 0.29) is 0 Å². The van der Waals surface area contributed by atoms with Gasteiger partial charge in [0.05, 0.1) is 42.7 Å². The van der Waals surface area contributed by atoms with E-state index in [4.69, 9.17) is 28.4 Å². The molecule has 9 aromatic carbocycles. The van der Waals surface area contributed by atoms with Gasteiger partial charge in [-0.15, -0.1) is 0 Å². The quantitative estimate of drug-likeness (QED) is 0.115. The van der Waals surface area contributed by atoms with Gasteiger partial charge in [0.1, 0.15) is 34.5 Å².